The molecule has 3 heterocycles. The third kappa shape index (κ3) is 4.56. The van der Waals surface area contributed by atoms with E-state index in [1.54, 1.807) is 11.6 Å². The summed E-state index contributed by atoms with van der Waals surface area (Å²) in [6.45, 7) is 10.2. The highest BCUT2D eigenvalue weighted by Crippen LogP contribution is 2.20. The summed E-state index contributed by atoms with van der Waals surface area (Å²) in [4.78, 5) is 24.1. The lowest BCUT2D eigenvalue weighted by molar-refractivity contribution is -0.122. The summed E-state index contributed by atoms with van der Waals surface area (Å²) in [6.07, 6.45) is 0.300. The highest BCUT2D eigenvalue weighted by atomic mass is 35.5. The van der Waals surface area contributed by atoms with Gasteiger partial charge in [-0.15, -0.1) is 12.4 Å². The predicted molar refractivity (Wildman–Crippen MR) is 104 cm³/mol. The van der Waals surface area contributed by atoms with Crippen molar-refractivity contribution in [3.8, 4) is 0 Å². The maximum Gasteiger partial charge on any atom is 0.222 e. The third-order valence-corrected chi connectivity index (χ3v) is 4.76. The van der Waals surface area contributed by atoms with Crippen LogP contribution < -0.4 is 10.6 Å². The van der Waals surface area contributed by atoms with Crippen LogP contribution in [0.4, 0.5) is 0 Å². The maximum atomic E-state index is 12.3. The number of hydrogen-bond donors (Lipinski definition) is 2. The fourth-order valence-corrected chi connectivity index (χ4v) is 3.56. The lowest BCUT2D eigenvalue weighted by Crippen LogP contribution is -2.28. The number of Topliss-reactive ketones (excluding diaryl/α,β-unsaturated/α-hetero) is 1. The average Bonchev–Trinajstić information content (AvgIpc) is 3.13. The molecule has 2 aromatic heterocycles. The van der Waals surface area contributed by atoms with Gasteiger partial charge in [-0.3, -0.25) is 19.0 Å². The van der Waals surface area contributed by atoms with Crippen molar-refractivity contribution in [1.29, 1.82) is 0 Å². The Hall–Kier alpha value is -2.19. The van der Waals surface area contributed by atoms with Gasteiger partial charge in [-0.1, -0.05) is 0 Å². The first-order valence-electron chi connectivity index (χ1n) is 8.96. The van der Waals surface area contributed by atoms with Gasteiger partial charge in [0, 0.05) is 25.2 Å². The Labute approximate surface area is 165 Å². The topological polar surface area (TPSA) is 93.8 Å². The van der Waals surface area contributed by atoms with E-state index in [4.69, 9.17) is 0 Å². The quantitative estimate of drug-likeness (QED) is 0.727. The molecule has 1 unspecified atom stereocenters. The second-order valence-corrected chi connectivity index (χ2v) is 6.90. The zero-order valence-electron chi connectivity index (χ0n) is 16.2. The predicted octanol–water partition coefficient (Wildman–Crippen LogP) is 1.69. The number of carbonyl (C=O) groups excluding carboxylic acids is 2. The third-order valence-electron chi connectivity index (χ3n) is 4.76. The van der Waals surface area contributed by atoms with Crippen LogP contribution in [-0.2, 0) is 24.4 Å². The van der Waals surface area contributed by atoms with Crippen LogP contribution in [0.1, 0.15) is 59.4 Å². The first-order chi connectivity index (χ1) is 12.4. The van der Waals surface area contributed by atoms with Crippen molar-refractivity contribution in [2.45, 2.75) is 59.8 Å². The summed E-state index contributed by atoms with van der Waals surface area (Å²) >= 11 is 0. The molecular weight excluding hydrogens is 368 g/mol. The molecule has 0 saturated carbocycles. The number of nitrogens with one attached hydrogen (secondary N) is 2. The lowest BCUT2D eigenvalue weighted by atomic mass is 10.1. The Morgan fingerprint density at radius 2 is 2.07 bits per heavy atom. The Morgan fingerprint density at radius 3 is 2.70 bits per heavy atom. The average molecular weight is 395 g/mol. The van der Waals surface area contributed by atoms with Crippen LogP contribution in [0, 0.1) is 13.8 Å². The van der Waals surface area contributed by atoms with Crippen molar-refractivity contribution in [3.63, 3.8) is 0 Å². The van der Waals surface area contributed by atoms with E-state index in [1.165, 1.54) is 0 Å². The molecule has 0 saturated heterocycles. The molecule has 1 atom stereocenters. The fraction of sp³-hybridized carbons (Fsp3) is 0.556. The van der Waals surface area contributed by atoms with Crippen molar-refractivity contribution in [1.82, 2.24) is 30.2 Å². The molecule has 0 radical (unpaired) electrons. The SMILES string of the molecule is CC(=O)c1c(C)nn(C(C)CC(=O)NCc2cc3n(n2)CCNC3)c1C.Cl. The van der Waals surface area contributed by atoms with Gasteiger partial charge in [0.2, 0.25) is 5.91 Å². The molecule has 3 rings (SSSR count). The van der Waals surface area contributed by atoms with Crippen molar-refractivity contribution in [2.24, 2.45) is 0 Å². The highest BCUT2D eigenvalue weighted by Gasteiger charge is 2.20. The van der Waals surface area contributed by atoms with E-state index in [1.807, 2.05) is 31.5 Å². The molecule has 27 heavy (non-hydrogen) atoms. The van der Waals surface area contributed by atoms with Gasteiger partial charge in [0.25, 0.3) is 0 Å². The molecular formula is C18H27ClN6O2. The molecule has 1 aliphatic rings. The minimum atomic E-state index is -0.124. The number of fused-ring (bicyclic) bond motifs is 1. The second kappa shape index (κ2) is 8.67. The Morgan fingerprint density at radius 1 is 1.33 bits per heavy atom. The van der Waals surface area contributed by atoms with Crippen LogP contribution in [0.3, 0.4) is 0 Å². The number of hydrogen-bond acceptors (Lipinski definition) is 5. The smallest absolute Gasteiger partial charge is 0.222 e. The number of aromatic nitrogens is 4. The molecule has 148 valence electrons. The number of halogens is 1. The van der Waals surface area contributed by atoms with Gasteiger partial charge in [-0.05, 0) is 33.8 Å². The highest BCUT2D eigenvalue weighted by molar-refractivity contribution is 5.96. The number of amides is 1. The summed E-state index contributed by atoms with van der Waals surface area (Å²) in [6, 6.07) is 1.90. The minimum Gasteiger partial charge on any atom is -0.350 e. The summed E-state index contributed by atoms with van der Waals surface area (Å²) in [5.74, 6) is -0.0559. The van der Waals surface area contributed by atoms with E-state index < -0.39 is 0 Å². The number of nitrogens with zero attached hydrogens (tertiary/aromatic N) is 4. The number of ketones is 1. The number of aryl methyl sites for hydroxylation is 1. The summed E-state index contributed by atoms with van der Waals surface area (Å²) in [5, 5.41) is 15.2. The largest absolute Gasteiger partial charge is 0.350 e. The van der Waals surface area contributed by atoms with Crippen molar-refractivity contribution in [3.05, 3.63) is 34.4 Å². The number of carbonyl (C=O) groups is 2. The van der Waals surface area contributed by atoms with Crippen LogP contribution in [0.5, 0.6) is 0 Å². The van der Waals surface area contributed by atoms with E-state index in [-0.39, 0.29) is 30.1 Å². The molecule has 1 aliphatic heterocycles. The Bertz CT molecular complexity index is 818. The van der Waals surface area contributed by atoms with Crippen molar-refractivity contribution >= 4 is 24.1 Å². The Kier molecular flexibility index (Phi) is 6.78. The van der Waals surface area contributed by atoms with Gasteiger partial charge < -0.3 is 10.6 Å². The molecule has 0 fully saturated rings. The summed E-state index contributed by atoms with van der Waals surface area (Å²) in [5.41, 5.74) is 4.18. The van der Waals surface area contributed by atoms with E-state index in [2.05, 4.69) is 20.8 Å². The van der Waals surface area contributed by atoms with E-state index >= 15 is 0 Å². The first-order valence-corrected chi connectivity index (χ1v) is 8.96. The van der Waals surface area contributed by atoms with Gasteiger partial charge in [0.05, 0.1) is 41.8 Å². The van der Waals surface area contributed by atoms with Crippen molar-refractivity contribution < 1.29 is 9.59 Å². The van der Waals surface area contributed by atoms with E-state index in [9.17, 15) is 9.59 Å². The molecule has 8 nitrogen and oxygen atoms in total. The van der Waals surface area contributed by atoms with Gasteiger partial charge >= 0.3 is 0 Å². The number of rotatable bonds is 6. The van der Waals surface area contributed by atoms with Crippen LogP contribution in [-0.4, -0.2) is 37.8 Å². The first kappa shape index (κ1) is 21.1. The molecule has 0 spiro atoms. The minimum absolute atomic E-state index is 0. The maximum absolute atomic E-state index is 12.3. The van der Waals surface area contributed by atoms with E-state index in [0.29, 0.717) is 24.2 Å². The fourth-order valence-electron chi connectivity index (χ4n) is 3.56. The molecule has 2 aromatic rings. The lowest BCUT2D eigenvalue weighted by Gasteiger charge is -2.14. The van der Waals surface area contributed by atoms with E-state index in [0.717, 1.165) is 36.7 Å². The molecule has 0 aromatic carbocycles. The molecule has 9 heteroatoms. The van der Waals surface area contributed by atoms with Crippen LogP contribution >= 0.6 is 12.4 Å². The van der Waals surface area contributed by atoms with Gasteiger partial charge in [0.1, 0.15) is 0 Å². The zero-order chi connectivity index (χ0) is 18.8. The second-order valence-electron chi connectivity index (χ2n) is 6.90. The normalized spacial score (nSPS) is 14.2. The zero-order valence-corrected chi connectivity index (χ0v) is 17.0. The molecule has 2 N–H and O–H groups in total. The van der Waals surface area contributed by atoms with Crippen LogP contribution in [0.25, 0.3) is 0 Å². The monoisotopic (exact) mass is 394 g/mol. The molecule has 1 amide bonds. The van der Waals surface area contributed by atoms with Crippen LogP contribution in [0.15, 0.2) is 6.07 Å². The van der Waals surface area contributed by atoms with Gasteiger partial charge in [0.15, 0.2) is 5.78 Å². The summed E-state index contributed by atoms with van der Waals surface area (Å²) < 4.78 is 3.76. The van der Waals surface area contributed by atoms with Crippen molar-refractivity contribution in [2.75, 3.05) is 6.54 Å². The molecule has 0 aliphatic carbocycles. The molecule has 0 bridgehead atoms. The summed E-state index contributed by atoms with van der Waals surface area (Å²) in [7, 11) is 0. The standard InChI is InChI=1S/C18H26N6O2.ClH/c1-11(24-13(3)18(14(4)25)12(2)21-24)7-17(26)20-9-15-8-16-10-19-5-6-23(16)22-15;/h8,11,19H,5-7,9-10H2,1-4H3,(H,20,26);1H. The van der Waals surface area contributed by atoms with Crippen LogP contribution in [0.2, 0.25) is 0 Å². The van der Waals surface area contributed by atoms with Gasteiger partial charge in [-0.25, -0.2) is 0 Å². The Balaban J connectivity index is 0.00000261. The van der Waals surface area contributed by atoms with Gasteiger partial charge in [-0.2, -0.15) is 10.2 Å².